The first-order valence-corrected chi connectivity index (χ1v) is 10.1. The summed E-state index contributed by atoms with van der Waals surface area (Å²) >= 11 is 0. The van der Waals surface area contributed by atoms with Gasteiger partial charge < -0.3 is 14.8 Å². The number of nitrogens with one attached hydrogen (secondary N) is 1. The van der Waals surface area contributed by atoms with Crippen LogP contribution in [0.2, 0.25) is 0 Å². The highest BCUT2D eigenvalue weighted by atomic mass is 19.1. The van der Waals surface area contributed by atoms with Crippen LogP contribution < -0.4 is 10.1 Å². The Morgan fingerprint density at radius 2 is 1.93 bits per heavy atom. The zero-order chi connectivity index (χ0) is 20.1. The minimum atomic E-state index is -0.205. The molecule has 0 radical (unpaired) electrons. The zero-order valence-electron chi connectivity index (χ0n) is 16.4. The van der Waals surface area contributed by atoms with Gasteiger partial charge in [0.25, 0.3) is 0 Å². The van der Waals surface area contributed by atoms with Crippen LogP contribution in [0.1, 0.15) is 23.5 Å². The maximum Gasteiger partial charge on any atom is 0.127 e. The molecule has 1 aliphatic rings. The highest BCUT2D eigenvalue weighted by Crippen LogP contribution is 2.31. The molecule has 4 heteroatoms. The van der Waals surface area contributed by atoms with E-state index in [1.807, 2.05) is 24.3 Å². The van der Waals surface area contributed by atoms with Crippen molar-refractivity contribution in [2.75, 3.05) is 19.7 Å². The Balaban J connectivity index is 1.53. The van der Waals surface area contributed by atoms with Crippen LogP contribution in [-0.2, 0) is 11.3 Å². The molecule has 2 unspecified atom stereocenters. The highest BCUT2D eigenvalue weighted by molar-refractivity contribution is 5.89. The molecule has 29 heavy (non-hydrogen) atoms. The molecule has 1 heterocycles. The first kappa shape index (κ1) is 19.6. The molecule has 2 atom stereocenters. The number of piperidine rings is 1. The normalized spacial score (nSPS) is 19.2. The highest BCUT2D eigenvalue weighted by Gasteiger charge is 2.27. The van der Waals surface area contributed by atoms with Crippen LogP contribution in [0, 0.1) is 5.82 Å². The summed E-state index contributed by atoms with van der Waals surface area (Å²) in [5.41, 5.74) is 2.21. The second-order valence-electron chi connectivity index (χ2n) is 7.42. The minimum Gasteiger partial charge on any atom is -0.489 e. The van der Waals surface area contributed by atoms with E-state index in [-0.39, 0.29) is 17.8 Å². The maximum absolute atomic E-state index is 13.3. The number of fused-ring (bicyclic) bond motifs is 1. The van der Waals surface area contributed by atoms with Crippen molar-refractivity contribution in [1.29, 1.82) is 0 Å². The van der Waals surface area contributed by atoms with Crippen molar-refractivity contribution in [1.82, 2.24) is 5.32 Å². The van der Waals surface area contributed by atoms with Gasteiger partial charge in [0.15, 0.2) is 0 Å². The summed E-state index contributed by atoms with van der Waals surface area (Å²) in [6.45, 7) is 6.43. The zero-order valence-corrected chi connectivity index (χ0v) is 16.4. The lowest BCUT2D eigenvalue weighted by Crippen LogP contribution is -2.40. The van der Waals surface area contributed by atoms with Crippen molar-refractivity contribution in [3.05, 3.63) is 90.3 Å². The van der Waals surface area contributed by atoms with Crippen molar-refractivity contribution in [3.63, 3.8) is 0 Å². The minimum absolute atomic E-state index is 0.0400. The average molecular weight is 391 g/mol. The molecule has 1 aliphatic heterocycles. The van der Waals surface area contributed by atoms with Gasteiger partial charge in [-0.05, 0) is 53.7 Å². The molecule has 1 fully saturated rings. The van der Waals surface area contributed by atoms with E-state index in [1.54, 1.807) is 6.08 Å². The van der Waals surface area contributed by atoms with Crippen LogP contribution >= 0.6 is 0 Å². The van der Waals surface area contributed by atoms with Crippen LogP contribution in [0.3, 0.4) is 0 Å². The second kappa shape index (κ2) is 9.21. The first-order valence-electron chi connectivity index (χ1n) is 10.1. The van der Waals surface area contributed by atoms with E-state index < -0.39 is 0 Å². The molecular formula is C25H26FNO2. The lowest BCUT2D eigenvalue weighted by Gasteiger charge is -2.32. The van der Waals surface area contributed by atoms with Gasteiger partial charge in [-0.25, -0.2) is 4.39 Å². The smallest absolute Gasteiger partial charge is 0.127 e. The van der Waals surface area contributed by atoms with E-state index in [1.165, 1.54) is 12.1 Å². The fourth-order valence-corrected chi connectivity index (χ4v) is 3.99. The quantitative estimate of drug-likeness (QED) is 0.561. The molecular weight excluding hydrogens is 365 g/mol. The molecule has 3 aromatic carbocycles. The summed E-state index contributed by atoms with van der Waals surface area (Å²) in [7, 11) is 0. The van der Waals surface area contributed by atoms with Gasteiger partial charge in [-0.1, -0.05) is 49.1 Å². The van der Waals surface area contributed by atoms with Crippen molar-refractivity contribution < 1.29 is 13.9 Å². The van der Waals surface area contributed by atoms with E-state index in [4.69, 9.17) is 9.47 Å². The number of rotatable bonds is 7. The topological polar surface area (TPSA) is 30.5 Å². The van der Waals surface area contributed by atoms with E-state index in [2.05, 4.69) is 36.2 Å². The molecule has 0 bridgehead atoms. The molecule has 4 rings (SSSR count). The Morgan fingerprint density at radius 3 is 2.76 bits per heavy atom. The van der Waals surface area contributed by atoms with E-state index in [0.717, 1.165) is 47.2 Å². The Morgan fingerprint density at radius 1 is 1.10 bits per heavy atom. The number of ether oxygens (including phenoxy) is 2. The molecule has 150 valence electrons. The first-order chi connectivity index (χ1) is 14.2. The summed E-state index contributed by atoms with van der Waals surface area (Å²) < 4.78 is 25.5. The molecule has 3 aromatic rings. The summed E-state index contributed by atoms with van der Waals surface area (Å²) in [5.74, 6) is 0.899. The van der Waals surface area contributed by atoms with Gasteiger partial charge in [0.2, 0.25) is 0 Å². The van der Waals surface area contributed by atoms with Crippen LogP contribution in [0.25, 0.3) is 10.8 Å². The fourth-order valence-electron chi connectivity index (χ4n) is 3.99. The lowest BCUT2D eigenvalue weighted by molar-refractivity contribution is 0.0106. The molecule has 1 saturated heterocycles. The summed E-state index contributed by atoms with van der Waals surface area (Å²) in [4.78, 5) is 0. The van der Waals surface area contributed by atoms with Gasteiger partial charge >= 0.3 is 0 Å². The SMILES string of the molecule is C=CCOc1cc(COC2CNCCC2c2ccc(F)cc2)cc2ccccc12. The second-order valence-corrected chi connectivity index (χ2v) is 7.42. The Labute approximate surface area is 171 Å². The Kier molecular flexibility index (Phi) is 6.23. The van der Waals surface area contributed by atoms with Crippen molar-refractivity contribution in [2.45, 2.75) is 25.0 Å². The number of hydrogen-bond donors (Lipinski definition) is 1. The van der Waals surface area contributed by atoms with Gasteiger partial charge in [-0.3, -0.25) is 0 Å². The van der Waals surface area contributed by atoms with Crippen molar-refractivity contribution in [2.24, 2.45) is 0 Å². The third-order valence-electron chi connectivity index (χ3n) is 5.43. The van der Waals surface area contributed by atoms with Gasteiger partial charge in [0.1, 0.15) is 18.2 Å². The monoisotopic (exact) mass is 391 g/mol. The molecule has 1 N–H and O–H groups in total. The summed E-state index contributed by atoms with van der Waals surface area (Å²) in [6.07, 6.45) is 2.76. The Bertz CT molecular complexity index is 970. The molecule has 3 nitrogen and oxygen atoms in total. The predicted octanol–water partition coefficient (Wildman–Crippen LogP) is 5.21. The molecule has 0 spiro atoms. The van der Waals surface area contributed by atoms with Crippen molar-refractivity contribution in [3.8, 4) is 5.75 Å². The standard InChI is InChI=1S/C25H26FNO2/c1-2-13-28-24-15-18(14-20-5-3-4-6-22(20)24)17-29-25-16-27-12-11-23(25)19-7-9-21(26)10-8-19/h2-10,14-15,23,25,27H,1,11-13,16-17H2. The van der Waals surface area contributed by atoms with Crippen LogP contribution in [0.4, 0.5) is 4.39 Å². The average Bonchev–Trinajstić information content (AvgIpc) is 2.77. The number of halogens is 1. The lowest BCUT2D eigenvalue weighted by atomic mass is 9.88. The van der Waals surface area contributed by atoms with Crippen LogP contribution in [-0.4, -0.2) is 25.8 Å². The molecule has 0 aliphatic carbocycles. The van der Waals surface area contributed by atoms with Gasteiger partial charge in [0.05, 0.1) is 12.7 Å². The Hall–Kier alpha value is -2.69. The molecule has 0 aromatic heterocycles. The fraction of sp³-hybridized carbons (Fsp3) is 0.280. The van der Waals surface area contributed by atoms with Gasteiger partial charge in [-0.15, -0.1) is 0 Å². The molecule has 0 amide bonds. The van der Waals surface area contributed by atoms with E-state index in [9.17, 15) is 4.39 Å². The van der Waals surface area contributed by atoms with Crippen LogP contribution in [0.5, 0.6) is 5.75 Å². The number of hydrogen-bond acceptors (Lipinski definition) is 3. The molecule has 0 saturated carbocycles. The van der Waals surface area contributed by atoms with Gasteiger partial charge in [-0.2, -0.15) is 0 Å². The summed E-state index contributed by atoms with van der Waals surface area (Å²) in [6, 6.07) is 19.2. The predicted molar refractivity (Wildman–Crippen MR) is 115 cm³/mol. The van der Waals surface area contributed by atoms with Crippen LogP contribution in [0.15, 0.2) is 73.3 Å². The third-order valence-corrected chi connectivity index (χ3v) is 5.43. The third kappa shape index (κ3) is 4.66. The number of benzene rings is 3. The largest absolute Gasteiger partial charge is 0.489 e. The van der Waals surface area contributed by atoms with E-state index in [0.29, 0.717) is 13.2 Å². The van der Waals surface area contributed by atoms with Gasteiger partial charge in [0, 0.05) is 17.8 Å². The maximum atomic E-state index is 13.3. The van der Waals surface area contributed by atoms with Crippen molar-refractivity contribution >= 4 is 10.8 Å². The summed E-state index contributed by atoms with van der Waals surface area (Å²) in [5, 5.41) is 5.63. The van der Waals surface area contributed by atoms with E-state index >= 15 is 0 Å².